The van der Waals surface area contributed by atoms with Gasteiger partial charge in [0, 0.05) is 6.54 Å². The van der Waals surface area contributed by atoms with Crippen molar-refractivity contribution in [1.82, 2.24) is 24.3 Å². The minimum Gasteiger partial charge on any atom is -0.302 e. The molecule has 6 nitrogen and oxygen atoms in total. The molecule has 0 unspecified atom stereocenters. The van der Waals surface area contributed by atoms with Crippen LogP contribution in [0.15, 0.2) is 35.6 Å². The molecular formula is C17H16ClF2N5O. The molecular weight excluding hydrogens is 364 g/mol. The van der Waals surface area contributed by atoms with E-state index in [9.17, 15) is 13.6 Å². The molecule has 3 rings (SSSR count). The van der Waals surface area contributed by atoms with Gasteiger partial charge in [-0.15, -0.1) is 0 Å². The highest BCUT2D eigenvalue weighted by molar-refractivity contribution is 6.31. The van der Waals surface area contributed by atoms with Crippen molar-refractivity contribution >= 4 is 11.6 Å². The molecule has 2 aromatic heterocycles. The maximum absolute atomic E-state index is 14.4. The first-order valence-electron chi connectivity index (χ1n) is 8.03. The van der Waals surface area contributed by atoms with Crippen molar-refractivity contribution in [2.24, 2.45) is 5.92 Å². The monoisotopic (exact) mass is 379 g/mol. The summed E-state index contributed by atoms with van der Waals surface area (Å²) >= 11 is 6.26. The number of benzene rings is 1. The quantitative estimate of drug-likeness (QED) is 0.680. The molecule has 9 heteroatoms. The molecule has 0 aliphatic carbocycles. The summed E-state index contributed by atoms with van der Waals surface area (Å²) in [6, 6.07) is 3.46. The van der Waals surface area contributed by atoms with Gasteiger partial charge in [0.1, 0.15) is 24.3 Å². The summed E-state index contributed by atoms with van der Waals surface area (Å²) in [5.74, 6) is -1.65. The van der Waals surface area contributed by atoms with Crippen molar-refractivity contribution in [2.45, 2.75) is 26.8 Å². The van der Waals surface area contributed by atoms with E-state index in [0.717, 1.165) is 18.6 Å². The maximum atomic E-state index is 14.4. The van der Waals surface area contributed by atoms with Crippen LogP contribution < -0.4 is 5.56 Å². The molecule has 0 spiro atoms. The molecule has 2 heterocycles. The Morgan fingerprint density at radius 2 is 1.96 bits per heavy atom. The summed E-state index contributed by atoms with van der Waals surface area (Å²) in [7, 11) is 0. The molecule has 0 fully saturated rings. The van der Waals surface area contributed by atoms with Crippen LogP contribution in [0.2, 0.25) is 5.15 Å². The molecule has 1 aromatic carbocycles. The van der Waals surface area contributed by atoms with E-state index in [4.69, 9.17) is 11.6 Å². The second-order valence-corrected chi connectivity index (χ2v) is 6.30. The van der Waals surface area contributed by atoms with Gasteiger partial charge in [-0.05, 0) is 18.1 Å². The highest BCUT2D eigenvalue weighted by Crippen LogP contribution is 2.31. The van der Waals surface area contributed by atoms with Crippen LogP contribution >= 0.6 is 11.6 Å². The fraction of sp³-hybridized carbons (Fsp3) is 0.294. The first-order chi connectivity index (χ1) is 12.4. The average Bonchev–Trinajstić information content (AvgIpc) is 3.14. The number of hydrogen-bond acceptors (Lipinski definition) is 4. The van der Waals surface area contributed by atoms with E-state index < -0.39 is 17.2 Å². The van der Waals surface area contributed by atoms with E-state index in [-0.39, 0.29) is 34.7 Å². The van der Waals surface area contributed by atoms with Gasteiger partial charge in [-0.3, -0.25) is 4.79 Å². The zero-order chi connectivity index (χ0) is 18.8. The lowest BCUT2D eigenvalue weighted by atomic mass is 10.1. The third-order valence-electron chi connectivity index (χ3n) is 4.13. The standard InChI is InChI=1S/C17H16ClF2N5O/c1-3-10(2)7-24-14(13-11(19)5-4-6-12(13)20)15(18)23-16(17(24)26)25-9-21-8-22-25/h4-6,8-10H,3,7H2,1-2H3/t10-/m0/s1. The Balaban J connectivity index is 2.34. The van der Waals surface area contributed by atoms with Gasteiger partial charge in [-0.1, -0.05) is 37.9 Å². The van der Waals surface area contributed by atoms with Gasteiger partial charge in [-0.2, -0.15) is 9.78 Å². The van der Waals surface area contributed by atoms with Crippen LogP contribution in [0.3, 0.4) is 0 Å². The maximum Gasteiger partial charge on any atom is 0.296 e. The lowest BCUT2D eigenvalue weighted by Gasteiger charge is -2.19. The number of halogens is 3. The first-order valence-corrected chi connectivity index (χ1v) is 8.41. The third-order valence-corrected chi connectivity index (χ3v) is 4.40. The Bertz CT molecular complexity index is 967. The van der Waals surface area contributed by atoms with Crippen LogP contribution in [-0.4, -0.2) is 24.3 Å². The van der Waals surface area contributed by atoms with E-state index in [0.29, 0.717) is 0 Å². The van der Waals surface area contributed by atoms with Crippen LogP contribution in [-0.2, 0) is 6.54 Å². The number of rotatable bonds is 5. The zero-order valence-electron chi connectivity index (χ0n) is 14.2. The third kappa shape index (κ3) is 3.24. The second-order valence-electron chi connectivity index (χ2n) is 5.94. The lowest BCUT2D eigenvalue weighted by molar-refractivity contribution is 0.458. The fourth-order valence-electron chi connectivity index (χ4n) is 2.57. The van der Waals surface area contributed by atoms with Gasteiger partial charge in [0.05, 0.1) is 11.3 Å². The van der Waals surface area contributed by atoms with Gasteiger partial charge in [0.2, 0.25) is 5.82 Å². The van der Waals surface area contributed by atoms with Crippen molar-refractivity contribution in [3.05, 3.63) is 58.0 Å². The zero-order valence-corrected chi connectivity index (χ0v) is 14.9. The summed E-state index contributed by atoms with van der Waals surface area (Å²) in [4.78, 5) is 20.8. The molecule has 136 valence electrons. The van der Waals surface area contributed by atoms with Crippen LogP contribution in [0.5, 0.6) is 0 Å². The largest absolute Gasteiger partial charge is 0.302 e. The average molecular weight is 380 g/mol. The topological polar surface area (TPSA) is 65.6 Å². The minimum absolute atomic E-state index is 0.0725. The molecule has 26 heavy (non-hydrogen) atoms. The molecule has 0 saturated carbocycles. The second kappa shape index (κ2) is 7.33. The van der Waals surface area contributed by atoms with Crippen molar-refractivity contribution in [3.8, 4) is 17.1 Å². The van der Waals surface area contributed by atoms with E-state index in [1.54, 1.807) is 0 Å². The van der Waals surface area contributed by atoms with Gasteiger partial charge in [-0.25, -0.2) is 18.7 Å². The summed E-state index contributed by atoms with van der Waals surface area (Å²) in [5, 5.41) is 3.70. The molecule has 0 N–H and O–H groups in total. The predicted molar refractivity (Wildman–Crippen MR) is 93.2 cm³/mol. The predicted octanol–water partition coefficient (Wildman–Crippen LogP) is 3.47. The Morgan fingerprint density at radius 1 is 1.27 bits per heavy atom. The highest BCUT2D eigenvalue weighted by atomic mass is 35.5. The first kappa shape index (κ1) is 18.2. The molecule has 0 radical (unpaired) electrons. The molecule has 3 aromatic rings. The van der Waals surface area contributed by atoms with Crippen LogP contribution in [0.4, 0.5) is 8.78 Å². The minimum atomic E-state index is -0.820. The summed E-state index contributed by atoms with van der Waals surface area (Å²) in [6.07, 6.45) is 3.32. The summed E-state index contributed by atoms with van der Waals surface area (Å²) < 4.78 is 31.1. The molecule has 0 saturated heterocycles. The molecule has 1 atom stereocenters. The Kier molecular flexibility index (Phi) is 5.13. The summed E-state index contributed by atoms with van der Waals surface area (Å²) in [5.41, 5.74) is -1.02. The summed E-state index contributed by atoms with van der Waals surface area (Å²) in [6.45, 7) is 4.11. The van der Waals surface area contributed by atoms with Gasteiger partial charge < -0.3 is 4.57 Å². The normalized spacial score (nSPS) is 12.3. The van der Waals surface area contributed by atoms with E-state index in [2.05, 4.69) is 15.1 Å². The number of hydrogen-bond donors (Lipinski definition) is 0. The molecule has 0 bridgehead atoms. The van der Waals surface area contributed by atoms with Crippen molar-refractivity contribution in [2.75, 3.05) is 0 Å². The van der Waals surface area contributed by atoms with E-state index in [1.807, 2.05) is 13.8 Å². The van der Waals surface area contributed by atoms with E-state index in [1.165, 1.54) is 28.0 Å². The van der Waals surface area contributed by atoms with E-state index >= 15 is 0 Å². The SMILES string of the molecule is CC[C@H](C)Cn1c(-c2c(F)cccc2F)c(Cl)nc(-n2cncn2)c1=O. The highest BCUT2D eigenvalue weighted by Gasteiger charge is 2.24. The Labute approximate surface area is 153 Å². The lowest BCUT2D eigenvalue weighted by Crippen LogP contribution is -2.30. The molecule has 0 aliphatic rings. The molecule has 0 amide bonds. The van der Waals surface area contributed by atoms with Crippen LogP contribution in [0, 0.1) is 17.6 Å². The van der Waals surface area contributed by atoms with Crippen molar-refractivity contribution in [1.29, 1.82) is 0 Å². The van der Waals surface area contributed by atoms with Crippen molar-refractivity contribution in [3.63, 3.8) is 0 Å². The fourth-order valence-corrected chi connectivity index (χ4v) is 2.85. The van der Waals surface area contributed by atoms with Gasteiger partial charge in [0.15, 0.2) is 5.15 Å². The van der Waals surface area contributed by atoms with Gasteiger partial charge in [0.25, 0.3) is 5.56 Å². The Hall–Kier alpha value is -2.61. The smallest absolute Gasteiger partial charge is 0.296 e. The Morgan fingerprint density at radius 3 is 2.54 bits per heavy atom. The van der Waals surface area contributed by atoms with Gasteiger partial charge >= 0.3 is 0 Å². The number of aromatic nitrogens is 5. The molecule has 0 aliphatic heterocycles. The van der Waals surface area contributed by atoms with Crippen LogP contribution in [0.25, 0.3) is 17.1 Å². The van der Waals surface area contributed by atoms with Crippen molar-refractivity contribution < 1.29 is 8.78 Å². The van der Waals surface area contributed by atoms with Crippen LogP contribution in [0.1, 0.15) is 20.3 Å². The number of nitrogens with zero attached hydrogens (tertiary/aromatic N) is 5.